The average molecular weight is 418 g/mol. The first-order valence-corrected chi connectivity index (χ1v) is 9.23. The summed E-state index contributed by atoms with van der Waals surface area (Å²) in [6.45, 7) is 7.72. The number of amides is 3. The van der Waals surface area contributed by atoms with E-state index >= 15 is 0 Å². The summed E-state index contributed by atoms with van der Waals surface area (Å²) in [5.74, 6) is -0.260. The highest BCUT2D eigenvalue weighted by atomic mass is 79.9. The number of hydrogen-bond acceptors (Lipinski definition) is 2. The molecule has 1 unspecified atom stereocenters. The molecule has 6 heteroatoms. The topological polar surface area (TPSA) is 70.2 Å². The van der Waals surface area contributed by atoms with Crippen LogP contribution in [0.4, 0.5) is 10.5 Å². The van der Waals surface area contributed by atoms with Crippen molar-refractivity contribution in [1.82, 2.24) is 10.6 Å². The highest BCUT2D eigenvalue weighted by molar-refractivity contribution is 9.10. The summed E-state index contributed by atoms with van der Waals surface area (Å²) in [5.41, 5.74) is 4.92. The Kier molecular flexibility index (Phi) is 6.80. The number of rotatable bonds is 5. The molecule has 0 aliphatic heterocycles. The fourth-order valence-electron chi connectivity index (χ4n) is 2.87. The maximum absolute atomic E-state index is 12.2. The van der Waals surface area contributed by atoms with Crippen molar-refractivity contribution in [2.75, 3.05) is 11.9 Å². The van der Waals surface area contributed by atoms with Crippen LogP contribution in [0.5, 0.6) is 0 Å². The fraction of sp³-hybridized carbons (Fsp3) is 0.300. The molecule has 0 bridgehead atoms. The minimum atomic E-state index is -0.388. The standard InChI is InChI=1S/C20H24BrN3O2/c1-12-9-13(2)19(14(3)10-12)24-18(25)11-22-20(26)23-15(4)16-7-5-6-8-17(16)21/h5-10,15H,11H2,1-4H3,(H,24,25)(H2,22,23,26). The lowest BCUT2D eigenvalue weighted by Gasteiger charge is -2.17. The third kappa shape index (κ3) is 5.33. The van der Waals surface area contributed by atoms with E-state index in [0.717, 1.165) is 32.4 Å². The van der Waals surface area contributed by atoms with Crippen LogP contribution in [0.15, 0.2) is 40.9 Å². The monoisotopic (exact) mass is 417 g/mol. The number of hydrogen-bond donors (Lipinski definition) is 3. The first-order chi connectivity index (χ1) is 12.3. The lowest BCUT2D eigenvalue weighted by Crippen LogP contribution is -2.41. The van der Waals surface area contributed by atoms with Crippen molar-refractivity contribution in [2.45, 2.75) is 33.7 Å². The Morgan fingerprint density at radius 2 is 1.69 bits per heavy atom. The third-order valence-corrected chi connectivity index (χ3v) is 4.79. The lowest BCUT2D eigenvalue weighted by atomic mass is 10.1. The summed E-state index contributed by atoms with van der Waals surface area (Å²) in [6.07, 6.45) is 0. The van der Waals surface area contributed by atoms with Gasteiger partial charge in [-0.1, -0.05) is 51.8 Å². The van der Waals surface area contributed by atoms with Gasteiger partial charge in [-0.15, -0.1) is 0 Å². The van der Waals surface area contributed by atoms with Gasteiger partial charge in [0, 0.05) is 10.2 Å². The van der Waals surface area contributed by atoms with Crippen LogP contribution in [0, 0.1) is 20.8 Å². The molecule has 2 aromatic carbocycles. The second-order valence-electron chi connectivity index (χ2n) is 6.39. The van der Waals surface area contributed by atoms with Crippen molar-refractivity contribution in [2.24, 2.45) is 0 Å². The van der Waals surface area contributed by atoms with E-state index in [4.69, 9.17) is 0 Å². The Morgan fingerprint density at radius 1 is 1.08 bits per heavy atom. The molecule has 0 heterocycles. The molecule has 138 valence electrons. The van der Waals surface area contributed by atoms with Gasteiger partial charge in [0.15, 0.2) is 0 Å². The van der Waals surface area contributed by atoms with E-state index in [1.807, 2.05) is 64.1 Å². The van der Waals surface area contributed by atoms with Crippen molar-refractivity contribution in [1.29, 1.82) is 0 Å². The molecule has 3 amide bonds. The fourth-order valence-corrected chi connectivity index (χ4v) is 3.50. The number of urea groups is 1. The zero-order chi connectivity index (χ0) is 19.3. The van der Waals surface area contributed by atoms with E-state index in [0.29, 0.717) is 0 Å². The van der Waals surface area contributed by atoms with Crippen molar-refractivity contribution in [3.63, 3.8) is 0 Å². The highest BCUT2D eigenvalue weighted by Crippen LogP contribution is 2.23. The molecular formula is C20H24BrN3O2. The molecule has 0 radical (unpaired) electrons. The summed E-state index contributed by atoms with van der Waals surface area (Å²) in [6, 6.07) is 11.1. The molecule has 1 atom stereocenters. The molecule has 2 rings (SSSR count). The van der Waals surface area contributed by atoms with E-state index in [2.05, 4.69) is 31.9 Å². The maximum Gasteiger partial charge on any atom is 0.315 e. The molecule has 0 aliphatic carbocycles. The van der Waals surface area contributed by atoms with E-state index in [9.17, 15) is 9.59 Å². The van der Waals surface area contributed by atoms with E-state index in [1.54, 1.807) is 0 Å². The summed E-state index contributed by atoms with van der Waals surface area (Å²) in [4.78, 5) is 24.2. The van der Waals surface area contributed by atoms with E-state index < -0.39 is 0 Å². The van der Waals surface area contributed by atoms with Gasteiger partial charge in [-0.3, -0.25) is 4.79 Å². The zero-order valence-corrected chi connectivity index (χ0v) is 17.0. The van der Waals surface area contributed by atoms with Crippen LogP contribution in [0.1, 0.15) is 35.2 Å². The molecule has 0 fully saturated rings. The second-order valence-corrected chi connectivity index (χ2v) is 7.25. The van der Waals surface area contributed by atoms with Crippen molar-refractivity contribution >= 4 is 33.6 Å². The number of anilines is 1. The molecule has 0 saturated heterocycles. The largest absolute Gasteiger partial charge is 0.332 e. The number of aryl methyl sites for hydroxylation is 3. The summed E-state index contributed by atoms with van der Waals surface area (Å²) in [7, 11) is 0. The van der Waals surface area contributed by atoms with Crippen LogP contribution in [0.3, 0.4) is 0 Å². The molecule has 26 heavy (non-hydrogen) atoms. The SMILES string of the molecule is Cc1cc(C)c(NC(=O)CNC(=O)NC(C)c2ccccc2Br)c(C)c1. The summed E-state index contributed by atoms with van der Waals surface area (Å²) in [5, 5.41) is 8.29. The van der Waals surface area contributed by atoms with Gasteiger partial charge < -0.3 is 16.0 Å². The van der Waals surface area contributed by atoms with Gasteiger partial charge in [0.25, 0.3) is 0 Å². The third-order valence-electron chi connectivity index (χ3n) is 4.07. The summed E-state index contributed by atoms with van der Waals surface area (Å²) < 4.78 is 0.927. The normalized spacial score (nSPS) is 11.6. The second kappa shape index (κ2) is 8.85. The Balaban J connectivity index is 1.87. The van der Waals surface area contributed by atoms with E-state index in [-0.39, 0.29) is 24.5 Å². The van der Waals surface area contributed by atoms with Crippen LogP contribution in [0.2, 0.25) is 0 Å². The van der Waals surface area contributed by atoms with Crippen molar-refractivity contribution in [3.8, 4) is 0 Å². The predicted molar refractivity (Wildman–Crippen MR) is 108 cm³/mol. The van der Waals surface area contributed by atoms with Crippen molar-refractivity contribution in [3.05, 3.63) is 63.1 Å². The first-order valence-electron chi connectivity index (χ1n) is 8.44. The highest BCUT2D eigenvalue weighted by Gasteiger charge is 2.13. The number of carbonyl (C=O) groups excluding carboxylic acids is 2. The lowest BCUT2D eigenvalue weighted by molar-refractivity contribution is -0.115. The Labute approximate surface area is 162 Å². The minimum absolute atomic E-state index is 0.0960. The molecule has 0 aromatic heterocycles. The molecule has 0 spiro atoms. The van der Waals surface area contributed by atoms with Gasteiger partial charge in [0.2, 0.25) is 5.91 Å². The first kappa shape index (κ1) is 20.0. The molecule has 2 aromatic rings. The molecule has 3 N–H and O–H groups in total. The Hall–Kier alpha value is -2.34. The van der Waals surface area contributed by atoms with Crippen LogP contribution >= 0.6 is 15.9 Å². The number of nitrogens with one attached hydrogen (secondary N) is 3. The van der Waals surface area contributed by atoms with Gasteiger partial charge in [-0.05, 0) is 50.5 Å². The van der Waals surface area contributed by atoms with Gasteiger partial charge in [0.1, 0.15) is 0 Å². The number of carbonyl (C=O) groups is 2. The summed E-state index contributed by atoms with van der Waals surface area (Å²) >= 11 is 3.47. The van der Waals surface area contributed by atoms with Gasteiger partial charge in [-0.25, -0.2) is 4.79 Å². The van der Waals surface area contributed by atoms with E-state index in [1.165, 1.54) is 0 Å². The molecular weight excluding hydrogens is 394 g/mol. The Bertz CT molecular complexity index is 797. The van der Waals surface area contributed by atoms with Gasteiger partial charge in [-0.2, -0.15) is 0 Å². The van der Waals surface area contributed by atoms with Crippen LogP contribution in [-0.4, -0.2) is 18.5 Å². The Morgan fingerprint density at radius 3 is 2.31 bits per heavy atom. The number of benzene rings is 2. The van der Waals surface area contributed by atoms with Crippen LogP contribution in [0.25, 0.3) is 0 Å². The molecule has 5 nitrogen and oxygen atoms in total. The number of halogens is 1. The zero-order valence-electron chi connectivity index (χ0n) is 15.4. The smallest absolute Gasteiger partial charge is 0.315 e. The van der Waals surface area contributed by atoms with Gasteiger partial charge >= 0.3 is 6.03 Å². The van der Waals surface area contributed by atoms with Crippen LogP contribution < -0.4 is 16.0 Å². The maximum atomic E-state index is 12.2. The average Bonchev–Trinajstić information content (AvgIpc) is 2.56. The van der Waals surface area contributed by atoms with Crippen molar-refractivity contribution < 1.29 is 9.59 Å². The van der Waals surface area contributed by atoms with Crippen LogP contribution in [-0.2, 0) is 4.79 Å². The predicted octanol–water partition coefficient (Wildman–Crippen LogP) is 4.37. The quantitative estimate of drug-likeness (QED) is 0.675. The minimum Gasteiger partial charge on any atom is -0.332 e. The molecule has 0 saturated carbocycles. The van der Waals surface area contributed by atoms with Gasteiger partial charge in [0.05, 0.1) is 12.6 Å². The molecule has 0 aliphatic rings.